The summed E-state index contributed by atoms with van der Waals surface area (Å²) in [6.07, 6.45) is 1.40. The molecule has 0 unspecified atom stereocenters. The lowest BCUT2D eigenvalue weighted by molar-refractivity contribution is -0.117. The average molecular weight is 372 g/mol. The molecule has 0 aliphatic carbocycles. The van der Waals surface area contributed by atoms with Crippen LogP contribution in [0.4, 0.5) is 15.8 Å². The summed E-state index contributed by atoms with van der Waals surface area (Å²) in [5.74, 6) is -0.759. The van der Waals surface area contributed by atoms with Crippen molar-refractivity contribution in [1.29, 1.82) is 0 Å². The molecule has 0 bridgehead atoms. The number of rotatable bonds is 3. The second-order valence-corrected chi connectivity index (χ2v) is 6.12. The summed E-state index contributed by atoms with van der Waals surface area (Å²) < 4.78 is 13.5. The molecule has 26 heavy (non-hydrogen) atoms. The molecule has 2 aromatic rings. The van der Waals surface area contributed by atoms with Crippen molar-refractivity contribution in [1.82, 2.24) is 10.9 Å². The first-order chi connectivity index (χ1) is 12.5. The molecule has 0 saturated carbocycles. The largest absolute Gasteiger partial charge is 0.329 e. The minimum atomic E-state index is -0.449. The molecule has 134 valence electrons. The zero-order valence-corrected chi connectivity index (χ0v) is 14.6. The van der Waals surface area contributed by atoms with E-state index in [0.717, 1.165) is 12.1 Å². The lowest BCUT2D eigenvalue weighted by atomic mass is 10.2. The van der Waals surface area contributed by atoms with E-state index in [2.05, 4.69) is 16.2 Å². The molecule has 1 fully saturated rings. The van der Waals surface area contributed by atoms with Gasteiger partial charge in [0.15, 0.2) is 5.11 Å². The van der Waals surface area contributed by atoms with Gasteiger partial charge in [0.05, 0.1) is 5.69 Å². The Hall–Kier alpha value is -3.00. The van der Waals surface area contributed by atoms with Gasteiger partial charge in [-0.1, -0.05) is 12.1 Å². The van der Waals surface area contributed by atoms with Crippen molar-refractivity contribution in [2.24, 2.45) is 0 Å². The number of benzene rings is 2. The van der Waals surface area contributed by atoms with Crippen LogP contribution in [0.1, 0.15) is 23.2 Å². The maximum atomic E-state index is 13.5. The molecule has 2 amide bonds. The van der Waals surface area contributed by atoms with E-state index >= 15 is 0 Å². The van der Waals surface area contributed by atoms with Gasteiger partial charge in [-0.25, -0.2) is 4.39 Å². The van der Waals surface area contributed by atoms with Crippen LogP contribution in [0.25, 0.3) is 0 Å². The van der Waals surface area contributed by atoms with Crippen molar-refractivity contribution in [3.63, 3.8) is 0 Å². The minimum absolute atomic E-state index is 0.0581. The number of halogens is 1. The number of hydrazine groups is 1. The Morgan fingerprint density at radius 3 is 2.46 bits per heavy atom. The van der Waals surface area contributed by atoms with Gasteiger partial charge in [0.25, 0.3) is 5.91 Å². The summed E-state index contributed by atoms with van der Waals surface area (Å²) >= 11 is 5.02. The van der Waals surface area contributed by atoms with Crippen LogP contribution in [-0.2, 0) is 4.79 Å². The van der Waals surface area contributed by atoms with Crippen LogP contribution >= 0.6 is 12.2 Å². The van der Waals surface area contributed by atoms with E-state index in [4.69, 9.17) is 12.2 Å². The van der Waals surface area contributed by atoms with Crippen molar-refractivity contribution in [3.05, 3.63) is 59.9 Å². The number of hydrogen-bond donors (Lipinski definition) is 3. The zero-order chi connectivity index (χ0) is 18.5. The predicted molar refractivity (Wildman–Crippen MR) is 101 cm³/mol. The van der Waals surface area contributed by atoms with Crippen LogP contribution < -0.4 is 21.1 Å². The molecule has 8 heteroatoms. The Bertz CT molecular complexity index is 841. The van der Waals surface area contributed by atoms with Crippen molar-refractivity contribution >= 4 is 40.5 Å². The number of nitrogens with zero attached hydrogens (tertiary/aromatic N) is 1. The summed E-state index contributed by atoms with van der Waals surface area (Å²) in [4.78, 5) is 25.6. The van der Waals surface area contributed by atoms with E-state index in [1.54, 1.807) is 41.3 Å². The normalized spacial score (nSPS) is 13.4. The number of carbonyl (C=O) groups excluding carboxylic acids is 2. The molecule has 3 N–H and O–H groups in total. The molecule has 0 spiro atoms. The molecule has 3 rings (SSSR count). The van der Waals surface area contributed by atoms with Crippen molar-refractivity contribution in [2.45, 2.75) is 12.8 Å². The Balaban J connectivity index is 1.54. The molecule has 1 saturated heterocycles. The van der Waals surface area contributed by atoms with Crippen LogP contribution in [-0.4, -0.2) is 23.5 Å². The van der Waals surface area contributed by atoms with Crippen LogP contribution in [0.5, 0.6) is 0 Å². The third-order valence-electron chi connectivity index (χ3n) is 3.93. The smallest absolute Gasteiger partial charge is 0.269 e. The molecule has 1 aliphatic heterocycles. The molecular formula is C18H17FN4O2S. The van der Waals surface area contributed by atoms with E-state index in [1.807, 2.05) is 0 Å². The third-order valence-corrected chi connectivity index (χ3v) is 4.13. The number of para-hydroxylation sites is 1. The lowest BCUT2D eigenvalue weighted by Gasteiger charge is -2.16. The number of anilines is 2. The molecule has 2 aromatic carbocycles. The van der Waals surface area contributed by atoms with Gasteiger partial charge in [-0.3, -0.25) is 20.4 Å². The first kappa shape index (κ1) is 17.8. The van der Waals surface area contributed by atoms with E-state index < -0.39 is 11.7 Å². The zero-order valence-electron chi connectivity index (χ0n) is 13.8. The number of hydrogen-bond acceptors (Lipinski definition) is 3. The predicted octanol–water partition coefficient (Wildman–Crippen LogP) is 2.58. The fraction of sp³-hybridized carbons (Fsp3) is 0.167. The Morgan fingerprint density at radius 2 is 1.81 bits per heavy atom. The Labute approximate surface area is 155 Å². The second-order valence-electron chi connectivity index (χ2n) is 5.71. The van der Waals surface area contributed by atoms with Crippen LogP contribution in [0.3, 0.4) is 0 Å². The fourth-order valence-electron chi connectivity index (χ4n) is 2.62. The monoisotopic (exact) mass is 372 g/mol. The van der Waals surface area contributed by atoms with Gasteiger partial charge in [-0.2, -0.15) is 0 Å². The standard InChI is InChI=1S/C18H17FN4O2S/c19-14-4-1-2-5-15(14)20-18(26)22-21-17(25)12-7-9-13(10-8-12)23-11-3-6-16(23)24/h1-2,4-5,7-10H,3,6,11H2,(H,21,25)(H2,20,22,26). The molecule has 6 nitrogen and oxygen atoms in total. The number of nitrogens with one attached hydrogen (secondary N) is 3. The van der Waals surface area contributed by atoms with Crippen LogP contribution in [0.2, 0.25) is 0 Å². The highest BCUT2D eigenvalue weighted by atomic mass is 32.1. The van der Waals surface area contributed by atoms with Gasteiger partial charge in [-0.15, -0.1) is 0 Å². The third kappa shape index (κ3) is 4.15. The first-order valence-electron chi connectivity index (χ1n) is 8.07. The van der Waals surface area contributed by atoms with Crippen molar-refractivity contribution < 1.29 is 14.0 Å². The number of thiocarbonyl (C=S) groups is 1. The second kappa shape index (κ2) is 7.92. The quantitative estimate of drug-likeness (QED) is 0.571. The maximum Gasteiger partial charge on any atom is 0.269 e. The number of amides is 2. The van der Waals surface area contributed by atoms with E-state index in [1.165, 1.54) is 12.1 Å². The Morgan fingerprint density at radius 1 is 1.08 bits per heavy atom. The van der Waals surface area contributed by atoms with Gasteiger partial charge < -0.3 is 10.2 Å². The fourth-order valence-corrected chi connectivity index (χ4v) is 2.78. The molecule has 1 heterocycles. The van der Waals surface area contributed by atoms with Gasteiger partial charge >= 0.3 is 0 Å². The Kier molecular flexibility index (Phi) is 5.43. The van der Waals surface area contributed by atoms with Gasteiger partial charge in [0.1, 0.15) is 5.82 Å². The summed E-state index contributed by atoms with van der Waals surface area (Å²) in [6.45, 7) is 0.696. The summed E-state index contributed by atoms with van der Waals surface area (Å²) in [6, 6.07) is 12.8. The van der Waals surface area contributed by atoms with Crippen LogP contribution in [0, 0.1) is 5.82 Å². The first-order valence-corrected chi connectivity index (χ1v) is 8.48. The molecule has 0 atom stereocenters. The highest BCUT2D eigenvalue weighted by Crippen LogP contribution is 2.21. The van der Waals surface area contributed by atoms with Crippen molar-refractivity contribution in [3.8, 4) is 0 Å². The van der Waals surface area contributed by atoms with Crippen LogP contribution in [0.15, 0.2) is 48.5 Å². The highest BCUT2D eigenvalue weighted by Gasteiger charge is 2.21. The maximum absolute atomic E-state index is 13.5. The summed E-state index contributed by atoms with van der Waals surface area (Å²) in [5.41, 5.74) is 6.35. The van der Waals surface area contributed by atoms with E-state index in [-0.39, 0.29) is 16.7 Å². The molecule has 0 radical (unpaired) electrons. The topological polar surface area (TPSA) is 73.5 Å². The van der Waals surface area contributed by atoms with E-state index in [9.17, 15) is 14.0 Å². The molecule has 1 aliphatic rings. The SMILES string of the molecule is O=C(NNC(=S)Nc1ccccc1F)c1ccc(N2CCCC2=O)cc1. The molecule has 0 aromatic heterocycles. The minimum Gasteiger partial charge on any atom is -0.329 e. The average Bonchev–Trinajstić information content (AvgIpc) is 3.08. The van der Waals surface area contributed by atoms with Gasteiger partial charge in [0.2, 0.25) is 5.91 Å². The number of carbonyl (C=O) groups is 2. The van der Waals surface area contributed by atoms with E-state index in [0.29, 0.717) is 18.5 Å². The highest BCUT2D eigenvalue weighted by molar-refractivity contribution is 7.80. The molecular weight excluding hydrogens is 355 g/mol. The lowest BCUT2D eigenvalue weighted by Crippen LogP contribution is -2.43. The summed E-state index contributed by atoms with van der Waals surface area (Å²) in [5, 5.41) is 2.71. The van der Waals surface area contributed by atoms with Gasteiger partial charge in [-0.05, 0) is 55.0 Å². The van der Waals surface area contributed by atoms with Gasteiger partial charge in [0, 0.05) is 24.2 Å². The van der Waals surface area contributed by atoms with Crippen molar-refractivity contribution in [2.75, 3.05) is 16.8 Å². The summed E-state index contributed by atoms with van der Waals surface area (Å²) in [7, 11) is 0.